The third kappa shape index (κ3) is 7.27. The molecule has 0 saturated heterocycles. The zero-order valence-electron chi connectivity index (χ0n) is 20.6. The molecule has 0 heterocycles. The fourth-order valence-electron chi connectivity index (χ4n) is 3.66. The summed E-state index contributed by atoms with van der Waals surface area (Å²) in [4.78, 5) is 0. The van der Waals surface area contributed by atoms with Crippen LogP contribution in [0.15, 0.2) is 72.8 Å². The Bertz CT molecular complexity index is 1370. The molecule has 0 bridgehead atoms. The van der Waals surface area contributed by atoms with Crippen molar-refractivity contribution in [1.82, 2.24) is 5.32 Å². The van der Waals surface area contributed by atoms with Crippen molar-refractivity contribution in [2.75, 3.05) is 6.54 Å². The number of alkyl halides is 13. The predicted octanol–water partition coefficient (Wildman–Crippen LogP) is 8.39. The lowest BCUT2D eigenvalue weighted by Gasteiger charge is -2.25. The maximum atomic E-state index is 14.0. The van der Waals surface area contributed by atoms with Crippen molar-refractivity contribution in [3.63, 3.8) is 0 Å². The third-order valence-electron chi connectivity index (χ3n) is 5.81. The van der Waals surface area contributed by atoms with E-state index in [0.717, 1.165) is 36.4 Å². The van der Waals surface area contributed by atoms with Gasteiger partial charge in [-0.1, -0.05) is 42.5 Å². The first-order chi connectivity index (χ1) is 19.1. The van der Waals surface area contributed by atoms with Gasteiger partial charge in [-0.05, 0) is 41.5 Å². The molecular weight excluding hydrogens is 605 g/mol. The van der Waals surface area contributed by atoms with Crippen LogP contribution >= 0.6 is 0 Å². The van der Waals surface area contributed by atoms with E-state index in [9.17, 15) is 62.2 Å². The molecule has 42 heavy (non-hydrogen) atoms. The maximum absolute atomic E-state index is 14.0. The average molecular weight is 623 g/mol. The summed E-state index contributed by atoms with van der Waals surface area (Å²) in [6.07, 6.45) is -20.0. The van der Waals surface area contributed by atoms with Gasteiger partial charge >= 0.3 is 30.4 Å². The van der Waals surface area contributed by atoms with Crippen LogP contribution in [-0.4, -0.2) is 36.3 Å². The Labute approximate surface area is 228 Å². The largest absolute Gasteiger partial charge is 0.458 e. The summed E-state index contributed by atoms with van der Waals surface area (Å²) in [5.74, 6) is -11.4. The normalized spacial score (nSPS) is 14.9. The molecule has 3 rings (SSSR count). The van der Waals surface area contributed by atoms with Crippen LogP contribution in [0.2, 0.25) is 0 Å². The summed E-state index contributed by atoms with van der Waals surface area (Å²) in [6.45, 7) is -1.24. The molecule has 0 saturated carbocycles. The first-order valence-corrected chi connectivity index (χ1v) is 11.5. The van der Waals surface area contributed by atoms with Crippen molar-refractivity contribution in [3.05, 3.63) is 95.1 Å². The lowest BCUT2D eigenvalue weighted by Crippen LogP contribution is -2.40. The zero-order chi connectivity index (χ0) is 31.7. The minimum Gasteiger partial charge on any atom is -0.457 e. The quantitative estimate of drug-likeness (QED) is 0.236. The average Bonchev–Trinajstić information content (AvgIpc) is 2.87. The van der Waals surface area contributed by atoms with Crippen LogP contribution in [0.25, 0.3) is 0 Å². The van der Waals surface area contributed by atoms with E-state index in [1.807, 2.05) is 0 Å². The standard InChI is InChI=1S/C26H18F13NO2/c27-22(28,25(34,35)36)16-6-1-4-14(10-16)21(40-13-20(41)24(31,32)33)15-5-2-8-18(11-15)42-19-9-3-7-17(12-19)23(29,30)26(37,38)39/h1-12,20-21,40-41H,13H2. The topological polar surface area (TPSA) is 41.5 Å². The van der Waals surface area contributed by atoms with Crippen molar-refractivity contribution in [2.24, 2.45) is 0 Å². The van der Waals surface area contributed by atoms with E-state index < -0.39 is 71.5 Å². The molecule has 3 nitrogen and oxygen atoms in total. The van der Waals surface area contributed by atoms with Gasteiger partial charge in [0.2, 0.25) is 0 Å². The molecule has 0 aliphatic heterocycles. The molecule has 0 spiro atoms. The minimum atomic E-state index is -6.01. The molecule has 0 aromatic heterocycles. The van der Waals surface area contributed by atoms with Gasteiger partial charge < -0.3 is 15.2 Å². The fraction of sp³-hybridized carbons (Fsp3) is 0.308. The van der Waals surface area contributed by atoms with E-state index >= 15 is 0 Å². The van der Waals surface area contributed by atoms with Gasteiger partial charge in [0.25, 0.3) is 0 Å². The zero-order valence-corrected chi connectivity index (χ0v) is 20.6. The number of rotatable bonds is 9. The molecule has 3 aromatic rings. The predicted molar refractivity (Wildman–Crippen MR) is 121 cm³/mol. The lowest BCUT2D eigenvalue weighted by molar-refractivity contribution is -0.289. The van der Waals surface area contributed by atoms with Gasteiger partial charge in [-0.15, -0.1) is 0 Å². The van der Waals surface area contributed by atoms with Gasteiger partial charge in [0.15, 0.2) is 6.10 Å². The van der Waals surface area contributed by atoms with Crippen molar-refractivity contribution in [1.29, 1.82) is 0 Å². The minimum absolute atomic E-state index is 0.119. The fourth-order valence-corrected chi connectivity index (χ4v) is 3.66. The molecule has 0 aliphatic carbocycles. The number of aliphatic hydroxyl groups is 1. The van der Waals surface area contributed by atoms with Crippen LogP contribution in [-0.2, 0) is 11.8 Å². The van der Waals surface area contributed by atoms with Crippen molar-refractivity contribution < 1.29 is 66.9 Å². The van der Waals surface area contributed by atoms with E-state index in [-0.39, 0.29) is 11.3 Å². The second-order valence-corrected chi connectivity index (χ2v) is 8.87. The SMILES string of the molecule is OC(CNC(c1cccc(Oc2cccc(C(F)(F)C(F)(F)F)c2)c1)c1cccc(C(F)(F)C(F)(F)F)c1)C(F)(F)F. The van der Waals surface area contributed by atoms with Gasteiger partial charge in [0.05, 0.1) is 6.04 Å². The molecule has 2 atom stereocenters. The summed E-state index contributed by atoms with van der Waals surface area (Å²) >= 11 is 0. The third-order valence-corrected chi connectivity index (χ3v) is 5.81. The highest BCUT2D eigenvalue weighted by molar-refractivity contribution is 5.42. The Hall–Kier alpha value is -3.53. The summed E-state index contributed by atoms with van der Waals surface area (Å²) in [5, 5.41) is 11.6. The Kier molecular flexibility index (Phi) is 9.13. The first-order valence-electron chi connectivity index (χ1n) is 11.5. The highest BCUT2D eigenvalue weighted by Crippen LogP contribution is 2.46. The maximum Gasteiger partial charge on any atom is 0.458 e. The van der Waals surface area contributed by atoms with Crippen LogP contribution in [0.1, 0.15) is 28.3 Å². The number of aliphatic hydroxyl groups excluding tert-OH is 1. The lowest BCUT2D eigenvalue weighted by atomic mass is 9.95. The number of ether oxygens (including phenoxy) is 1. The highest BCUT2D eigenvalue weighted by atomic mass is 19.4. The molecule has 0 aliphatic rings. The Morgan fingerprint density at radius 3 is 1.52 bits per heavy atom. The molecular formula is C26H18F13NO2. The van der Waals surface area contributed by atoms with Gasteiger partial charge in [0, 0.05) is 17.7 Å². The molecule has 0 radical (unpaired) electrons. The van der Waals surface area contributed by atoms with E-state index in [1.54, 1.807) is 0 Å². The number of halogens is 13. The van der Waals surface area contributed by atoms with E-state index in [4.69, 9.17) is 4.74 Å². The van der Waals surface area contributed by atoms with Gasteiger partial charge in [-0.25, -0.2) is 0 Å². The molecule has 3 aromatic carbocycles. The molecule has 230 valence electrons. The van der Waals surface area contributed by atoms with E-state index in [2.05, 4.69) is 5.32 Å². The summed E-state index contributed by atoms with van der Waals surface area (Å²) in [5.41, 5.74) is -3.52. The Balaban J connectivity index is 2.01. The van der Waals surface area contributed by atoms with Crippen molar-refractivity contribution in [2.45, 2.75) is 42.5 Å². The first kappa shape index (κ1) is 33.0. The van der Waals surface area contributed by atoms with Crippen LogP contribution in [0.4, 0.5) is 57.1 Å². The monoisotopic (exact) mass is 623 g/mol. The Morgan fingerprint density at radius 1 is 0.595 bits per heavy atom. The van der Waals surface area contributed by atoms with E-state index in [1.165, 1.54) is 12.1 Å². The van der Waals surface area contributed by atoms with Gasteiger partial charge in [0.1, 0.15) is 11.5 Å². The second kappa shape index (κ2) is 11.6. The number of nitrogens with one attached hydrogen (secondary N) is 1. The molecule has 2 unspecified atom stereocenters. The van der Waals surface area contributed by atoms with Crippen LogP contribution in [0.3, 0.4) is 0 Å². The molecule has 0 amide bonds. The Morgan fingerprint density at radius 2 is 1.02 bits per heavy atom. The summed E-state index contributed by atoms with van der Waals surface area (Å²) in [6, 6.07) is 8.37. The number of benzene rings is 3. The summed E-state index contributed by atoms with van der Waals surface area (Å²) < 4.78 is 177. The van der Waals surface area contributed by atoms with Crippen LogP contribution in [0, 0.1) is 0 Å². The van der Waals surface area contributed by atoms with E-state index in [0.29, 0.717) is 24.3 Å². The highest BCUT2D eigenvalue weighted by Gasteiger charge is 2.59. The number of hydrogen-bond acceptors (Lipinski definition) is 3. The molecule has 2 N–H and O–H groups in total. The van der Waals surface area contributed by atoms with Crippen molar-refractivity contribution >= 4 is 0 Å². The smallest absolute Gasteiger partial charge is 0.457 e. The van der Waals surface area contributed by atoms with Crippen LogP contribution < -0.4 is 10.1 Å². The molecule has 16 heteroatoms. The van der Waals surface area contributed by atoms with Gasteiger partial charge in [-0.2, -0.15) is 57.1 Å². The van der Waals surface area contributed by atoms with Crippen LogP contribution in [0.5, 0.6) is 11.5 Å². The second-order valence-electron chi connectivity index (χ2n) is 8.87. The molecule has 0 fully saturated rings. The van der Waals surface area contributed by atoms with Gasteiger partial charge in [-0.3, -0.25) is 0 Å². The number of hydrogen-bond donors (Lipinski definition) is 2. The van der Waals surface area contributed by atoms with Crippen molar-refractivity contribution in [3.8, 4) is 11.5 Å². The summed E-state index contributed by atoms with van der Waals surface area (Å²) in [7, 11) is 0.